The van der Waals surface area contributed by atoms with E-state index in [1.54, 1.807) is 31.2 Å². The number of nitrogens with one attached hydrogen (secondary N) is 1. The number of rotatable bonds is 11. The molecule has 1 N–H and O–H groups in total. The van der Waals surface area contributed by atoms with Gasteiger partial charge in [0.2, 0.25) is 21.8 Å². The molecule has 0 radical (unpaired) electrons. The Morgan fingerprint density at radius 2 is 1.61 bits per heavy atom. The Morgan fingerprint density at radius 3 is 2.14 bits per heavy atom. The molecule has 0 bridgehead atoms. The number of sulfonamides is 1. The molecule has 0 saturated carbocycles. The number of hydrogen-bond acceptors (Lipinski definition) is 4. The molecule has 0 heterocycles. The van der Waals surface area contributed by atoms with Gasteiger partial charge >= 0.3 is 0 Å². The van der Waals surface area contributed by atoms with E-state index >= 15 is 0 Å². The number of halogens is 2. The molecule has 10 heteroatoms. The fourth-order valence-electron chi connectivity index (χ4n) is 3.73. The number of anilines is 1. The van der Waals surface area contributed by atoms with Gasteiger partial charge < -0.3 is 10.2 Å². The number of carbonyl (C=O) groups is 2. The molecule has 0 aromatic heterocycles. The minimum atomic E-state index is -3.56. The van der Waals surface area contributed by atoms with Crippen LogP contribution in [0.4, 0.5) is 5.69 Å². The first kappa shape index (κ1) is 29.9. The first-order chi connectivity index (χ1) is 16.7. The highest BCUT2D eigenvalue weighted by atomic mass is 35.5. The summed E-state index contributed by atoms with van der Waals surface area (Å²) in [6.45, 7) is 9.39. The summed E-state index contributed by atoms with van der Waals surface area (Å²) in [4.78, 5) is 27.6. The van der Waals surface area contributed by atoms with Gasteiger partial charge in [-0.3, -0.25) is 13.9 Å². The molecule has 0 fully saturated rings. The summed E-state index contributed by atoms with van der Waals surface area (Å²) in [6, 6.07) is 9.65. The highest BCUT2D eigenvalue weighted by Gasteiger charge is 2.28. The van der Waals surface area contributed by atoms with Crippen molar-refractivity contribution in [3.63, 3.8) is 0 Å². The molecule has 2 rings (SSSR count). The van der Waals surface area contributed by atoms with E-state index in [0.717, 1.165) is 17.4 Å². The fraction of sp³-hybridized carbons (Fsp3) is 0.462. The average Bonchev–Trinajstić information content (AvgIpc) is 2.76. The fourth-order valence-corrected chi connectivity index (χ4v) is 5.20. The first-order valence-corrected chi connectivity index (χ1v) is 14.4. The monoisotopic (exact) mass is 555 g/mol. The molecule has 0 aliphatic rings. The number of benzene rings is 2. The van der Waals surface area contributed by atoms with Crippen molar-refractivity contribution in [2.45, 2.75) is 66.1 Å². The number of hydrogen-bond donors (Lipinski definition) is 1. The minimum absolute atomic E-state index is 0.0399. The molecule has 0 saturated heterocycles. The van der Waals surface area contributed by atoms with E-state index in [1.165, 1.54) is 9.21 Å². The van der Waals surface area contributed by atoms with Crippen LogP contribution in [0.5, 0.6) is 0 Å². The Bertz CT molecular complexity index is 1180. The van der Waals surface area contributed by atoms with Gasteiger partial charge in [-0.05, 0) is 76.4 Å². The molecule has 0 aliphatic carbocycles. The molecule has 2 aromatic carbocycles. The van der Waals surface area contributed by atoms with Gasteiger partial charge in [0.1, 0.15) is 6.04 Å². The molecule has 0 spiro atoms. The van der Waals surface area contributed by atoms with Crippen LogP contribution in [0.1, 0.15) is 50.3 Å². The van der Waals surface area contributed by atoms with Crippen LogP contribution in [0.2, 0.25) is 10.0 Å². The summed E-state index contributed by atoms with van der Waals surface area (Å²) in [5.74, 6) is -0.597. The lowest BCUT2D eigenvalue weighted by molar-refractivity contribution is -0.140. The number of nitrogens with zero attached hydrogens (tertiary/aromatic N) is 2. The van der Waals surface area contributed by atoms with Crippen LogP contribution in [-0.2, 0) is 26.2 Å². The highest BCUT2D eigenvalue weighted by Crippen LogP contribution is 2.27. The van der Waals surface area contributed by atoms with Gasteiger partial charge in [-0.15, -0.1) is 0 Å². The molecule has 2 aromatic rings. The van der Waals surface area contributed by atoms with Crippen LogP contribution in [-0.4, -0.2) is 50.0 Å². The molecule has 1 atom stereocenters. The number of carbonyl (C=O) groups excluding carboxylic acids is 2. The topological polar surface area (TPSA) is 86.8 Å². The lowest BCUT2D eigenvalue weighted by Gasteiger charge is -2.30. The molecule has 1 unspecified atom stereocenters. The third-order valence-corrected chi connectivity index (χ3v) is 7.82. The second-order valence-electron chi connectivity index (χ2n) is 9.27. The van der Waals surface area contributed by atoms with Crippen LogP contribution < -0.4 is 9.62 Å². The Hall–Kier alpha value is -2.29. The Balaban J connectivity index is 2.24. The third-order valence-electron chi connectivity index (χ3n) is 5.92. The summed E-state index contributed by atoms with van der Waals surface area (Å²) in [5.41, 5.74) is 3.14. The molecular formula is C26H35Cl2N3O4S. The second-order valence-corrected chi connectivity index (χ2v) is 12.0. The zero-order valence-electron chi connectivity index (χ0n) is 21.6. The molecule has 7 nitrogen and oxygen atoms in total. The van der Waals surface area contributed by atoms with Crippen molar-refractivity contribution < 1.29 is 18.0 Å². The summed E-state index contributed by atoms with van der Waals surface area (Å²) in [5, 5.41) is 3.63. The van der Waals surface area contributed by atoms with E-state index in [2.05, 4.69) is 5.32 Å². The van der Waals surface area contributed by atoms with Gasteiger partial charge in [0, 0.05) is 41.2 Å². The Kier molecular flexibility index (Phi) is 10.6. The van der Waals surface area contributed by atoms with Gasteiger partial charge in [0.05, 0.1) is 11.9 Å². The van der Waals surface area contributed by atoms with Gasteiger partial charge in [-0.25, -0.2) is 8.42 Å². The normalized spacial score (nSPS) is 12.4. The second kappa shape index (κ2) is 12.8. The van der Waals surface area contributed by atoms with Gasteiger partial charge in [0.25, 0.3) is 0 Å². The maximum Gasteiger partial charge on any atom is 0.242 e. The predicted molar refractivity (Wildman–Crippen MR) is 147 cm³/mol. The van der Waals surface area contributed by atoms with Gasteiger partial charge in [0.15, 0.2) is 0 Å². The lowest BCUT2D eigenvalue weighted by Crippen LogP contribution is -2.49. The van der Waals surface area contributed by atoms with Crippen molar-refractivity contribution >= 4 is 50.7 Å². The molecule has 2 amide bonds. The predicted octanol–water partition coefficient (Wildman–Crippen LogP) is 5.10. The van der Waals surface area contributed by atoms with E-state index in [0.29, 0.717) is 21.3 Å². The quantitative estimate of drug-likeness (QED) is 0.418. The van der Waals surface area contributed by atoms with Gasteiger partial charge in [-0.1, -0.05) is 35.3 Å². The van der Waals surface area contributed by atoms with Gasteiger partial charge in [-0.2, -0.15) is 0 Å². The molecule has 0 aliphatic heterocycles. The smallest absolute Gasteiger partial charge is 0.242 e. The molecule has 198 valence electrons. The Morgan fingerprint density at radius 1 is 1.00 bits per heavy atom. The SMILES string of the molecule is Cc1ccc(N(CCCC(=O)N(Cc2c(Cl)cccc2Cl)C(C)C(=O)NC(C)C)S(C)(=O)=O)cc1C. The van der Waals surface area contributed by atoms with E-state index < -0.39 is 16.1 Å². The lowest BCUT2D eigenvalue weighted by atomic mass is 10.1. The van der Waals surface area contributed by atoms with Crippen LogP contribution in [0.15, 0.2) is 36.4 Å². The van der Waals surface area contributed by atoms with Crippen molar-refractivity contribution in [3.8, 4) is 0 Å². The highest BCUT2D eigenvalue weighted by molar-refractivity contribution is 7.92. The van der Waals surface area contributed by atoms with Crippen molar-refractivity contribution in [1.82, 2.24) is 10.2 Å². The van der Waals surface area contributed by atoms with E-state index in [4.69, 9.17) is 23.2 Å². The van der Waals surface area contributed by atoms with Crippen molar-refractivity contribution in [2.24, 2.45) is 0 Å². The zero-order chi connectivity index (χ0) is 27.2. The van der Waals surface area contributed by atoms with Crippen molar-refractivity contribution in [1.29, 1.82) is 0 Å². The van der Waals surface area contributed by atoms with Crippen LogP contribution in [0.25, 0.3) is 0 Å². The van der Waals surface area contributed by atoms with Crippen molar-refractivity contribution in [2.75, 3.05) is 17.1 Å². The van der Waals surface area contributed by atoms with Crippen LogP contribution in [0.3, 0.4) is 0 Å². The van der Waals surface area contributed by atoms with Crippen molar-refractivity contribution in [3.05, 3.63) is 63.1 Å². The van der Waals surface area contributed by atoms with Crippen LogP contribution >= 0.6 is 23.2 Å². The first-order valence-electron chi connectivity index (χ1n) is 11.8. The summed E-state index contributed by atoms with van der Waals surface area (Å²) < 4.78 is 26.3. The maximum absolute atomic E-state index is 13.4. The standard InChI is InChI=1S/C26H35Cl2N3O4S/c1-17(2)29-26(33)20(5)30(16-22-23(27)9-7-10-24(22)28)25(32)11-8-14-31(36(6,34)35)21-13-12-18(3)19(4)15-21/h7,9-10,12-13,15,17,20H,8,11,14,16H2,1-6H3,(H,29,33). The summed E-state index contributed by atoms with van der Waals surface area (Å²) in [6.07, 6.45) is 1.45. The van der Waals surface area contributed by atoms with Crippen LogP contribution in [0, 0.1) is 13.8 Å². The third kappa shape index (κ3) is 8.11. The number of aryl methyl sites for hydroxylation is 2. The summed E-state index contributed by atoms with van der Waals surface area (Å²) >= 11 is 12.7. The van der Waals surface area contributed by atoms with E-state index in [-0.39, 0.29) is 43.8 Å². The average molecular weight is 557 g/mol. The van der Waals surface area contributed by atoms with E-state index in [9.17, 15) is 18.0 Å². The minimum Gasteiger partial charge on any atom is -0.352 e. The van der Waals surface area contributed by atoms with E-state index in [1.807, 2.05) is 39.8 Å². The zero-order valence-corrected chi connectivity index (χ0v) is 24.0. The maximum atomic E-state index is 13.4. The Labute approximate surface area is 224 Å². The summed E-state index contributed by atoms with van der Waals surface area (Å²) in [7, 11) is -3.56. The molecule has 36 heavy (non-hydrogen) atoms. The largest absolute Gasteiger partial charge is 0.352 e. The number of amides is 2. The molecular weight excluding hydrogens is 521 g/mol.